The fraction of sp³-hybridized carbons (Fsp3) is 0.394. The molecule has 3 aromatic rings. The molecule has 0 bridgehead atoms. The van der Waals surface area contributed by atoms with E-state index in [0.717, 1.165) is 100 Å². The summed E-state index contributed by atoms with van der Waals surface area (Å²) in [6.07, 6.45) is 9.15. The number of nitrogens with zero attached hydrogens (tertiary/aromatic N) is 7. The summed E-state index contributed by atoms with van der Waals surface area (Å²) < 4.78 is 0. The highest BCUT2D eigenvalue weighted by Gasteiger charge is 2.27. The average molecular weight is 595 g/mol. The quantitative estimate of drug-likeness (QED) is 0.209. The summed E-state index contributed by atoms with van der Waals surface area (Å²) in [5.41, 5.74) is 4.89. The Labute approximate surface area is 257 Å². The summed E-state index contributed by atoms with van der Waals surface area (Å²) in [5.74, 6) is 1.54. The maximum Gasteiger partial charge on any atom is 0.253 e. The molecule has 2 amide bonds. The van der Waals surface area contributed by atoms with Gasteiger partial charge in [0, 0.05) is 68.3 Å². The molecular formula is C33H38N8O3. The molecule has 11 nitrogen and oxygen atoms in total. The van der Waals surface area contributed by atoms with Crippen LogP contribution in [0.1, 0.15) is 55.5 Å². The number of anilines is 5. The number of hydrogen-bond donors (Lipinski definition) is 1. The summed E-state index contributed by atoms with van der Waals surface area (Å²) in [6, 6.07) is 11.9. The second kappa shape index (κ2) is 12.8. The largest absolute Gasteiger partial charge is 0.368 e. The molecule has 3 aliphatic rings. The standard InChI is InChI=1S/C33H38N8O3/c1-23(21-42)24(2)29-20-35-33(37-31(29)41(22-43)27-5-3-4-6-27)36-30-12-11-28(19-34-30)39-15-13-38(14-16-39)26-9-7-25(8-10-26)32(44)40-17-18-40/h7-12,19-22,27H,3-6,13-18H2,1-2H3,(H,34,35,36,37)/b24-23+. The number of carbonyl (C=O) groups excluding carboxylic acids is 3. The molecule has 2 aromatic heterocycles. The van der Waals surface area contributed by atoms with Crippen LogP contribution in [0.15, 0.2) is 54.4 Å². The molecule has 0 spiro atoms. The van der Waals surface area contributed by atoms with Gasteiger partial charge in [0.25, 0.3) is 5.91 Å². The van der Waals surface area contributed by atoms with Crippen LogP contribution in [-0.2, 0) is 9.59 Å². The summed E-state index contributed by atoms with van der Waals surface area (Å²) in [6.45, 7) is 8.76. The molecule has 0 atom stereocenters. The van der Waals surface area contributed by atoms with Crippen LogP contribution in [0.4, 0.5) is 29.0 Å². The smallest absolute Gasteiger partial charge is 0.253 e. The number of piperazine rings is 1. The minimum Gasteiger partial charge on any atom is -0.368 e. The van der Waals surface area contributed by atoms with Crippen LogP contribution in [0.5, 0.6) is 0 Å². The van der Waals surface area contributed by atoms with E-state index in [1.807, 2.05) is 54.4 Å². The van der Waals surface area contributed by atoms with Gasteiger partial charge >= 0.3 is 0 Å². The number of nitrogens with one attached hydrogen (secondary N) is 1. The lowest BCUT2D eigenvalue weighted by Crippen LogP contribution is -2.46. The number of pyridine rings is 1. The van der Waals surface area contributed by atoms with E-state index in [-0.39, 0.29) is 11.9 Å². The van der Waals surface area contributed by atoms with E-state index in [1.165, 1.54) is 0 Å². The van der Waals surface area contributed by atoms with Crippen LogP contribution in [0, 0.1) is 0 Å². The molecule has 3 fully saturated rings. The fourth-order valence-corrected chi connectivity index (χ4v) is 5.92. The van der Waals surface area contributed by atoms with Gasteiger partial charge in [-0.25, -0.2) is 9.97 Å². The van der Waals surface area contributed by atoms with Crippen molar-refractivity contribution in [2.45, 2.75) is 45.6 Å². The molecule has 0 unspecified atom stereocenters. The molecule has 6 rings (SSSR count). The molecule has 11 heteroatoms. The predicted octanol–water partition coefficient (Wildman–Crippen LogP) is 4.30. The third kappa shape index (κ3) is 6.27. The van der Waals surface area contributed by atoms with Gasteiger partial charge in [0.1, 0.15) is 17.9 Å². The van der Waals surface area contributed by atoms with E-state index in [2.05, 4.69) is 25.1 Å². The normalized spacial score (nSPS) is 17.3. The number of amides is 2. The first-order chi connectivity index (χ1) is 21.4. The van der Waals surface area contributed by atoms with Crippen LogP contribution in [-0.4, -0.2) is 83.8 Å². The van der Waals surface area contributed by atoms with Crippen molar-refractivity contribution in [3.05, 3.63) is 65.5 Å². The molecule has 1 N–H and O–H groups in total. The first kappa shape index (κ1) is 29.3. The van der Waals surface area contributed by atoms with Crippen molar-refractivity contribution in [2.75, 3.05) is 59.3 Å². The highest BCUT2D eigenvalue weighted by atomic mass is 16.2. The Balaban J connectivity index is 1.11. The van der Waals surface area contributed by atoms with Crippen molar-refractivity contribution in [1.82, 2.24) is 19.9 Å². The molecule has 0 radical (unpaired) electrons. The van der Waals surface area contributed by atoms with Crippen LogP contribution in [0.3, 0.4) is 0 Å². The number of carbonyl (C=O) groups is 3. The van der Waals surface area contributed by atoms with Gasteiger partial charge in [0.2, 0.25) is 12.4 Å². The maximum atomic E-state index is 12.3. The number of aldehydes is 1. The van der Waals surface area contributed by atoms with Crippen LogP contribution in [0.2, 0.25) is 0 Å². The Morgan fingerprint density at radius 3 is 2.11 bits per heavy atom. The van der Waals surface area contributed by atoms with Crippen molar-refractivity contribution in [2.24, 2.45) is 0 Å². The third-order valence-corrected chi connectivity index (χ3v) is 8.86. The van der Waals surface area contributed by atoms with Gasteiger partial charge in [-0.05, 0) is 74.2 Å². The summed E-state index contributed by atoms with van der Waals surface area (Å²) in [4.78, 5) is 58.0. The van der Waals surface area contributed by atoms with Gasteiger partial charge in [0.05, 0.1) is 11.9 Å². The van der Waals surface area contributed by atoms with Gasteiger partial charge in [-0.3, -0.25) is 19.3 Å². The van der Waals surface area contributed by atoms with E-state index in [0.29, 0.717) is 28.7 Å². The average Bonchev–Trinajstić information content (AvgIpc) is 3.79. The van der Waals surface area contributed by atoms with Crippen LogP contribution < -0.4 is 20.0 Å². The van der Waals surface area contributed by atoms with Gasteiger partial charge in [-0.15, -0.1) is 0 Å². The number of aromatic nitrogens is 3. The van der Waals surface area contributed by atoms with Crippen molar-refractivity contribution >= 4 is 53.1 Å². The highest BCUT2D eigenvalue weighted by Crippen LogP contribution is 2.33. The zero-order valence-corrected chi connectivity index (χ0v) is 25.3. The number of allylic oxidation sites excluding steroid dienone is 2. The fourth-order valence-electron chi connectivity index (χ4n) is 5.92. The van der Waals surface area contributed by atoms with Gasteiger partial charge in [0.15, 0.2) is 0 Å². The van der Waals surface area contributed by atoms with E-state index in [4.69, 9.17) is 4.98 Å². The van der Waals surface area contributed by atoms with Crippen molar-refractivity contribution in [1.29, 1.82) is 0 Å². The lowest BCUT2D eigenvalue weighted by Gasteiger charge is -2.37. The third-order valence-electron chi connectivity index (χ3n) is 8.86. The predicted molar refractivity (Wildman–Crippen MR) is 171 cm³/mol. The van der Waals surface area contributed by atoms with Crippen molar-refractivity contribution < 1.29 is 14.4 Å². The monoisotopic (exact) mass is 594 g/mol. The number of benzene rings is 1. The van der Waals surface area contributed by atoms with Gasteiger partial charge in [-0.1, -0.05) is 12.8 Å². The summed E-state index contributed by atoms with van der Waals surface area (Å²) in [7, 11) is 0. The van der Waals surface area contributed by atoms with E-state index < -0.39 is 0 Å². The minimum absolute atomic E-state index is 0.0744. The molecule has 4 heterocycles. The van der Waals surface area contributed by atoms with Crippen LogP contribution in [0.25, 0.3) is 5.57 Å². The summed E-state index contributed by atoms with van der Waals surface area (Å²) >= 11 is 0. The Morgan fingerprint density at radius 2 is 1.52 bits per heavy atom. The zero-order chi connectivity index (χ0) is 30.6. The molecule has 1 aliphatic carbocycles. The molecule has 44 heavy (non-hydrogen) atoms. The van der Waals surface area contributed by atoms with Gasteiger partial charge < -0.3 is 20.0 Å². The number of hydrogen-bond acceptors (Lipinski definition) is 9. The maximum absolute atomic E-state index is 12.3. The summed E-state index contributed by atoms with van der Waals surface area (Å²) in [5, 5.41) is 3.19. The second-order valence-electron chi connectivity index (χ2n) is 11.6. The van der Waals surface area contributed by atoms with Crippen LogP contribution >= 0.6 is 0 Å². The second-order valence-corrected chi connectivity index (χ2v) is 11.6. The molecule has 1 aromatic carbocycles. The van der Waals surface area contributed by atoms with E-state index in [1.54, 1.807) is 18.0 Å². The lowest BCUT2D eigenvalue weighted by molar-refractivity contribution is -0.108. The van der Waals surface area contributed by atoms with Crippen molar-refractivity contribution in [3.63, 3.8) is 0 Å². The molecule has 2 aliphatic heterocycles. The minimum atomic E-state index is 0.0744. The zero-order valence-electron chi connectivity index (χ0n) is 25.3. The SMILES string of the molecule is C/C(C=O)=C(/C)c1cnc(Nc2ccc(N3CCN(c4ccc(C(=O)N5CC5)cc4)CC3)cn2)nc1N(C=O)C1CCCC1. The number of rotatable bonds is 10. The van der Waals surface area contributed by atoms with Crippen molar-refractivity contribution in [3.8, 4) is 0 Å². The Morgan fingerprint density at radius 1 is 0.864 bits per heavy atom. The molecule has 1 saturated carbocycles. The Kier molecular flexibility index (Phi) is 8.53. The van der Waals surface area contributed by atoms with E-state index >= 15 is 0 Å². The first-order valence-electron chi connectivity index (χ1n) is 15.3. The first-order valence-corrected chi connectivity index (χ1v) is 15.3. The Hall–Kier alpha value is -4.80. The topological polar surface area (TPSA) is 115 Å². The lowest BCUT2D eigenvalue weighted by atomic mass is 10.0. The molecule has 2 saturated heterocycles. The van der Waals surface area contributed by atoms with E-state index in [9.17, 15) is 14.4 Å². The Bertz CT molecular complexity index is 1540. The molecule has 228 valence electrons. The van der Waals surface area contributed by atoms with Gasteiger partial charge in [-0.2, -0.15) is 4.98 Å². The highest BCUT2D eigenvalue weighted by molar-refractivity contribution is 5.96. The molecular weight excluding hydrogens is 556 g/mol.